The Bertz CT molecular complexity index is 1110. The predicted octanol–water partition coefficient (Wildman–Crippen LogP) is 3.14. The van der Waals surface area contributed by atoms with Crippen LogP contribution in [0.4, 0.5) is 17.3 Å². The number of rotatable bonds is 0. The van der Waals surface area contributed by atoms with Gasteiger partial charge in [-0.25, -0.2) is 9.97 Å². The third kappa shape index (κ3) is 4.45. The molecule has 0 spiro atoms. The molecule has 9 nitrogen and oxygen atoms in total. The fourth-order valence-corrected chi connectivity index (χ4v) is 4.48. The SMILES string of the molecule is O=C1Nc2ncnc3c2/C1=C/Nc1cc(ccc1Cl)OCCCCCC(=O)N1CCN3CC1. The summed E-state index contributed by atoms with van der Waals surface area (Å²) < 4.78 is 5.86. The average molecular weight is 469 g/mol. The number of anilines is 3. The summed E-state index contributed by atoms with van der Waals surface area (Å²) in [6, 6.07) is 5.38. The van der Waals surface area contributed by atoms with E-state index in [-0.39, 0.29) is 11.8 Å². The van der Waals surface area contributed by atoms with Crippen molar-refractivity contribution in [1.82, 2.24) is 14.9 Å². The maximum atomic E-state index is 12.8. The molecular weight excluding hydrogens is 444 g/mol. The first-order valence-electron chi connectivity index (χ1n) is 11.2. The lowest BCUT2D eigenvalue weighted by Gasteiger charge is -2.36. The minimum absolute atomic E-state index is 0.186. The lowest BCUT2D eigenvalue weighted by Crippen LogP contribution is -2.49. The second kappa shape index (κ2) is 9.27. The molecule has 4 bridgehead atoms. The Morgan fingerprint density at radius 2 is 1.82 bits per heavy atom. The molecule has 0 saturated carbocycles. The van der Waals surface area contributed by atoms with Crippen molar-refractivity contribution in [1.29, 1.82) is 0 Å². The van der Waals surface area contributed by atoms with E-state index in [2.05, 4.69) is 25.5 Å². The molecule has 2 N–H and O–H groups in total. The van der Waals surface area contributed by atoms with Gasteiger partial charge in [-0.15, -0.1) is 0 Å². The molecule has 2 amide bonds. The van der Waals surface area contributed by atoms with Crippen LogP contribution in [0.1, 0.15) is 31.2 Å². The monoisotopic (exact) mass is 468 g/mol. The predicted molar refractivity (Wildman–Crippen MR) is 126 cm³/mol. The molecule has 5 heterocycles. The zero-order valence-electron chi connectivity index (χ0n) is 18.1. The minimum Gasteiger partial charge on any atom is -0.494 e. The van der Waals surface area contributed by atoms with E-state index in [0.717, 1.165) is 19.3 Å². The van der Waals surface area contributed by atoms with Gasteiger partial charge in [-0.1, -0.05) is 11.6 Å². The van der Waals surface area contributed by atoms with Crippen molar-refractivity contribution in [3.8, 4) is 5.75 Å². The van der Waals surface area contributed by atoms with Crippen LogP contribution in [0, 0.1) is 0 Å². The van der Waals surface area contributed by atoms with Crippen molar-refractivity contribution in [2.75, 3.05) is 48.3 Å². The first kappa shape index (κ1) is 21.5. The van der Waals surface area contributed by atoms with Crippen LogP contribution in [0.3, 0.4) is 0 Å². The summed E-state index contributed by atoms with van der Waals surface area (Å²) in [5, 5.41) is 6.49. The molecule has 0 atom stereocenters. The summed E-state index contributed by atoms with van der Waals surface area (Å²) >= 11 is 6.37. The average Bonchev–Trinajstić information content (AvgIpc) is 3.15. The largest absolute Gasteiger partial charge is 0.494 e. The summed E-state index contributed by atoms with van der Waals surface area (Å²) in [5.41, 5.74) is 1.72. The first-order valence-corrected chi connectivity index (χ1v) is 11.6. The van der Waals surface area contributed by atoms with Crippen LogP contribution >= 0.6 is 11.6 Å². The third-order valence-electron chi connectivity index (χ3n) is 6.12. The molecule has 1 aromatic heterocycles. The maximum Gasteiger partial charge on any atom is 0.259 e. The van der Waals surface area contributed by atoms with Gasteiger partial charge in [0.05, 0.1) is 28.5 Å². The number of hydrogen-bond acceptors (Lipinski definition) is 7. The third-order valence-corrected chi connectivity index (χ3v) is 6.45. The van der Waals surface area contributed by atoms with E-state index >= 15 is 0 Å². The van der Waals surface area contributed by atoms with Gasteiger partial charge in [-0.3, -0.25) is 9.59 Å². The molecule has 172 valence electrons. The zero-order chi connectivity index (χ0) is 22.8. The van der Waals surface area contributed by atoms with E-state index in [1.165, 1.54) is 6.33 Å². The van der Waals surface area contributed by atoms with Crippen molar-refractivity contribution >= 4 is 46.3 Å². The summed E-state index contributed by atoms with van der Waals surface area (Å²) in [4.78, 5) is 38.1. The molecule has 33 heavy (non-hydrogen) atoms. The molecule has 1 fully saturated rings. The topological polar surface area (TPSA) is 99.7 Å². The second-order valence-electron chi connectivity index (χ2n) is 8.25. The van der Waals surface area contributed by atoms with Crippen LogP contribution in [-0.4, -0.2) is 59.5 Å². The Balaban J connectivity index is 1.50. The van der Waals surface area contributed by atoms with Crippen LogP contribution in [-0.2, 0) is 9.59 Å². The molecule has 1 aromatic carbocycles. The molecule has 0 aliphatic carbocycles. The Hall–Kier alpha value is -3.33. The standard InChI is InChI=1S/C23H25ClN6O3/c24-17-6-5-15-12-18(17)25-13-16-20-21(28-23(16)32)26-14-27-22(20)30-9-7-29(8-10-30)19(31)4-2-1-3-11-33-15/h5-6,12-14,25H,1-4,7-11H2,(H,26,27,28,32)/b16-13-. The highest BCUT2D eigenvalue weighted by Crippen LogP contribution is 2.37. The van der Waals surface area contributed by atoms with Gasteiger partial charge in [0.2, 0.25) is 5.91 Å². The van der Waals surface area contributed by atoms with Crippen molar-refractivity contribution in [2.24, 2.45) is 0 Å². The highest BCUT2D eigenvalue weighted by atomic mass is 35.5. The van der Waals surface area contributed by atoms with Gasteiger partial charge in [0.1, 0.15) is 23.7 Å². The Morgan fingerprint density at radius 1 is 1.00 bits per heavy atom. The number of amides is 2. The first-order chi connectivity index (χ1) is 16.1. The second-order valence-corrected chi connectivity index (χ2v) is 8.65. The molecule has 0 unspecified atom stereocenters. The van der Waals surface area contributed by atoms with Gasteiger partial charge in [0.15, 0.2) is 0 Å². The lowest BCUT2D eigenvalue weighted by molar-refractivity contribution is -0.131. The summed E-state index contributed by atoms with van der Waals surface area (Å²) in [7, 11) is 0. The Labute approximate surface area is 196 Å². The fourth-order valence-electron chi connectivity index (χ4n) is 4.31. The molecule has 10 heteroatoms. The van der Waals surface area contributed by atoms with Gasteiger partial charge in [-0.2, -0.15) is 0 Å². The van der Waals surface area contributed by atoms with Crippen LogP contribution in [0.15, 0.2) is 30.7 Å². The number of carbonyl (C=O) groups excluding carboxylic acids is 2. The highest BCUT2D eigenvalue weighted by molar-refractivity contribution is 6.34. The quantitative estimate of drug-likeness (QED) is 0.612. The van der Waals surface area contributed by atoms with Crippen LogP contribution in [0.5, 0.6) is 5.75 Å². The maximum absolute atomic E-state index is 12.8. The van der Waals surface area contributed by atoms with Crippen molar-refractivity contribution in [3.05, 3.63) is 41.3 Å². The van der Waals surface area contributed by atoms with Gasteiger partial charge < -0.3 is 25.2 Å². The van der Waals surface area contributed by atoms with Crippen LogP contribution < -0.4 is 20.3 Å². The molecule has 0 radical (unpaired) electrons. The van der Waals surface area contributed by atoms with E-state index in [4.69, 9.17) is 16.3 Å². The molecular formula is C23H25ClN6O3. The van der Waals surface area contributed by atoms with Crippen molar-refractivity contribution < 1.29 is 14.3 Å². The molecule has 6 rings (SSSR count). The van der Waals surface area contributed by atoms with Crippen LogP contribution in [0.25, 0.3) is 5.57 Å². The van der Waals surface area contributed by atoms with E-state index in [0.29, 0.717) is 78.4 Å². The van der Waals surface area contributed by atoms with Crippen molar-refractivity contribution in [2.45, 2.75) is 25.7 Å². The number of hydrogen-bond donors (Lipinski definition) is 2. The van der Waals surface area contributed by atoms with E-state index in [9.17, 15) is 9.59 Å². The number of halogens is 1. The van der Waals surface area contributed by atoms with Gasteiger partial charge >= 0.3 is 0 Å². The molecule has 1 saturated heterocycles. The number of nitrogens with zero attached hydrogens (tertiary/aromatic N) is 4. The van der Waals surface area contributed by atoms with E-state index in [1.807, 2.05) is 17.0 Å². The van der Waals surface area contributed by atoms with Gasteiger partial charge in [-0.05, 0) is 31.4 Å². The number of ether oxygens (including phenoxy) is 1. The normalized spacial score (nSPS) is 20.5. The Kier molecular flexibility index (Phi) is 6.04. The summed E-state index contributed by atoms with van der Waals surface area (Å²) in [5.74, 6) is 1.77. The van der Waals surface area contributed by atoms with Gasteiger partial charge in [0, 0.05) is 44.9 Å². The van der Waals surface area contributed by atoms with E-state index < -0.39 is 0 Å². The highest BCUT2D eigenvalue weighted by Gasteiger charge is 2.32. The summed E-state index contributed by atoms with van der Waals surface area (Å²) in [6.07, 6.45) is 6.27. The number of nitrogens with one attached hydrogen (secondary N) is 2. The number of benzene rings is 1. The fraction of sp³-hybridized carbons (Fsp3) is 0.391. The number of carbonyl (C=O) groups is 2. The smallest absolute Gasteiger partial charge is 0.259 e. The van der Waals surface area contributed by atoms with Gasteiger partial charge in [0.25, 0.3) is 5.91 Å². The number of aromatic nitrogens is 2. The zero-order valence-corrected chi connectivity index (χ0v) is 18.9. The van der Waals surface area contributed by atoms with E-state index in [1.54, 1.807) is 12.3 Å². The lowest BCUT2D eigenvalue weighted by atomic mass is 10.1. The summed E-state index contributed by atoms with van der Waals surface area (Å²) in [6.45, 7) is 3.10. The van der Waals surface area contributed by atoms with Crippen molar-refractivity contribution in [3.63, 3.8) is 0 Å². The number of piperazine rings is 1. The molecule has 4 aliphatic heterocycles. The molecule has 2 aromatic rings. The molecule has 4 aliphatic rings. The van der Waals surface area contributed by atoms with Crippen LogP contribution in [0.2, 0.25) is 5.02 Å². The number of fused-ring (bicyclic) bond motifs is 9. The minimum atomic E-state index is -0.262. The Morgan fingerprint density at radius 3 is 2.67 bits per heavy atom.